The summed E-state index contributed by atoms with van der Waals surface area (Å²) in [6.07, 6.45) is 2.43. The fourth-order valence-electron chi connectivity index (χ4n) is 3.15. The third-order valence-electron chi connectivity index (χ3n) is 4.70. The quantitative estimate of drug-likeness (QED) is 0.118. The summed E-state index contributed by atoms with van der Waals surface area (Å²) in [5.41, 5.74) is 0.210. The van der Waals surface area contributed by atoms with E-state index in [-0.39, 0.29) is 86.5 Å². The van der Waals surface area contributed by atoms with Gasteiger partial charge in [0.1, 0.15) is 9.79 Å². The van der Waals surface area contributed by atoms with E-state index < -0.39 is 30.0 Å². The maximum atomic E-state index is 12.1. The molecular formula is C20H13Cl4N8NaO6S2+2. The number of anilines is 4. The van der Waals surface area contributed by atoms with Crippen LogP contribution in [0.1, 0.15) is 12.6 Å². The minimum Gasteiger partial charge on any atom is -0.324 e. The number of nitrogens with zero attached hydrogens (tertiary/aromatic N) is 6. The Hall–Kier alpha value is -2.22. The van der Waals surface area contributed by atoms with E-state index in [2.05, 4.69) is 40.5 Å². The molecule has 21 heteroatoms. The van der Waals surface area contributed by atoms with E-state index in [0.29, 0.717) is 0 Å². The zero-order valence-electron chi connectivity index (χ0n) is 21.2. The van der Waals surface area contributed by atoms with Gasteiger partial charge in [-0.15, -0.1) is 0 Å². The van der Waals surface area contributed by atoms with Crippen molar-refractivity contribution >= 4 is 102 Å². The molecule has 4 aromatic rings. The van der Waals surface area contributed by atoms with Crippen molar-refractivity contribution in [1.82, 2.24) is 29.9 Å². The maximum Gasteiger partial charge on any atom is 1.00 e. The van der Waals surface area contributed by atoms with Crippen LogP contribution in [0.5, 0.6) is 0 Å². The van der Waals surface area contributed by atoms with E-state index in [1.165, 1.54) is 36.4 Å². The summed E-state index contributed by atoms with van der Waals surface area (Å²) in [6.45, 7) is 0. The number of nitrogens with one attached hydrogen (secondary N) is 2. The summed E-state index contributed by atoms with van der Waals surface area (Å²) in [4.78, 5) is 21.3. The van der Waals surface area contributed by atoms with Crippen LogP contribution in [0, 0.1) is 0 Å². The van der Waals surface area contributed by atoms with Gasteiger partial charge in [-0.05, 0) is 81.8 Å². The van der Waals surface area contributed by atoms with E-state index in [4.69, 9.17) is 46.4 Å². The summed E-state index contributed by atoms with van der Waals surface area (Å²) in [5.74, 6) is -0.189. The molecule has 4 N–H and O–H groups in total. The molecule has 0 atom stereocenters. The van der Waals surface area contributed by atoms with Gasteiger partial charge in [0.15, 0.2) is 0 Å². The molecule has 208 valence electrons. The van der Waals surface area contributed by atoms with E-state index in [0.717, 1.165) is 12.1 Å². The van der Waals surface area contributed by atoms with Crippen molar-refractivity contribution in [1.29, 1.82) is 0 Å². The Bertz CT molecular complexity index is 1720. The first-order valence-electron chi connectivity index (χ1n) is 10.3. The summed E-state index contributed by atoms with van der Waals surface area (Å²) < 4.78 is 68.0. The monoisotopic (exact) mass is 688 g/mol. The minimum atomic E-state index is -4.77. The molecule has 41 heavy (non-hydrogen) atoms. The Labute approximate surface area is 275 Å². The molecule has 0 fully saturated rings. The van der Waals surface area contributed by atoms with Crippen LogP contribution in [-0.2, 0) is 20.2 Å². The molecule has 0 spiro atoms. The molecule has 0 aliphatic rings. The van der Waals surface area contributed by atoms with Crippen molar-refractivity contribution < 1.29 is 56.9 Å². The van der Waals surface area contributed by atoms with Gasteiger partial charge in [0.25, 0.3) is 20.2 Å². The average Bonchev–Trinajstić information content (AvgIpc) is 2.81. The molecule has 14 nitrogen and oxygen atoms in total. The number of hydrogen-bond donors (Lipinski definition) is 4. The Kier molecular flexibility index (Phi) is 10.9. The van der Waals surface area contributed by atoms with Gasteiger partial charge < -0.3 is 10.6 Å². The van der Waals surface area contributed by atoms with Crippen molar-refractivity contribution in [2.45, 2.75) is 9.79 Å². The number of aromatic nitrogens is 6. The Morgan fingerprint density at radius 3 is 1.22 bits per heavy atom. The molecule has 0 aliphatic heterocycles. The standard InChI is InChI=1S/C20H12Cl4N8O6S2.Na/c21-15-27-16(22)30-19(29-15)25-11-5-3-9(13(7-11)39(33,34)35)1-2-10-4-6-12(8-14(10)40(36,37)38)26-20-31-17(23)28-18(24)32-20;/h1-8H,(H,33,34,35)(H,36,37,38)(H,25,27,29,30)(H,26,28,31,32);/q;+1/p+1/b2-1+;. The fourth-order valence-corrected chi connectivity index (χ4v) is 5.29. The van der Waals surface area contributed by atoms with E-state index in [9.17, 15) is 25.9 Å². The number of hydrogen-bond acceptors (Lipinski definition) is 12. The second kappa shape index (κ2) is 13.4. The van der Waals surface area contributed by atoms with Crippen LogP contribution in [0.15, 0.2) is 46.2 Å². The SMILES string of the molecule is O=S(=O)(O)c1cc(Nc2nc(Cl)nc(Cl)n2)ccc1/C=C/c1ccc(Nc2nc(Cl)nc(Cl)n2)cc1S(=O)(=O)O.[H+].[Na+]. The second-order valence-electron chi connectivity index (χ2n) is 7.43. The fraction of sp³-hybridized carbons (Fsp3) is 0. The summed E-state index contributed by atoms with van der Waals surface area (Å²) >= 11 is 22.9. The van der Waals surface area contributed by atoms with E-state index in [1.54, 1.807) is 0 Å². The predicted molar refractivity (Wildman–Crippen MR) is 149 cm³/mol. The van der Waals surface area contributed by atoms with E-state index in [1.807, 2.05) is 0 Å². The summed E-state index contributed by atoms with van der Waals surface area (Å²) in [5, 5.41) is 4.50. The topological polar surface area (TPSA) is 210 Å². The molecule has 0 unspecified atom stereocenters. The molecule has 0 saturated heterocycles. The normalized spacial score (nSPS) is 11.8. The van der Waals surface area contributed by atoms with Gasteiger partial charge in [0, 0.05) is 11.4 Å². The summed E-state index contributed by atoms with van der Waals surface area (Å²) in [6, 6.07) is 7.60. The first-order chi connectivity index (χ1) is 18.7. The average molecular weight is 690 g/mol. The molecule has 0 saturated carbocycles. The van der Waals surface area contributed by atoms with Crippen molar-refractivity contribution in [3.05, 3.63) is 68.7 Å². The molecule has 2 aromatic carbocycles. The van der Waals surface area contributed by atoms with Crippen LogP contribution in [0.4, 0.5) is 23.3 Å². The molecule has 4 rings (SSSR count). The zero-order chi connectivity index (χ0) is 29.2. The maximum absolute atomic E-state index is 12.1. The molecular weight excluding hydrogens is 677 g/mol. The number of benzene rings is 2. The van der Waals surface area contributed by atoms with Crippen LogP contribution in [0.25, 0.3) is 12.2 Å². The Balaban J connectivity index is 0.00000308. The van der Waals surface area contributed by atoms with Gasteiger partial charge in [-0.3, -0.25) is 9.11 Å². The number of halogens is 4. The zero-order valence-corrected chi connectivity index (χ0v) is 26.8. The van der Waals surface area contributed by atoms with Crippen molar-refractivity contribution in [2.75, 3.05) is 10.6 Å². The third kappa shape index (κ3) is 9.13. The second-order valence-corrected chi connectivity index (χ2v) is 11.6. The van der Waals surface area contributed by atoms with Gasteiger partial charge in [-0.2, -0.15) is 46.7 Å². The molecule has 0 bridgehead atoms. The minimum absolute atomic E-state index is 0. The Morgan fingerprint density at radius 2 is 0.927 bits per heavy atom. The van der Waals surface area contributed by atoms with Crippen LogP contribution >= 0.6 is 46.4 Å². The number of rotatable bonds is 8. The van der Waals surface area contributed by atoms with Gasteiger partial charge in [0.2, 0.25) is 33.0 Å². The van der Waals surface area contributed by atoms with Crippen molar-refractivity contribution in [3.63, 3.8) is 0 Å². The first-order valence-corrected chi connectivity index (χ1v) is 14.7. The largest absolute Gasteiger partial charge is 1.00 e. The molecule has 0 amide bonds. The first kappa shape index (κ1) is 33.3. The summed E-state index contributed by atoms with van der Waals surface area (Å²) in [7, 11) is -9.54. The van der Waals surface area contributed by atoms with Crippen LogP contribution in [-0.4, -0.2) is 55.8 Å². The van der Waals surface area contributed by atoms with Crippen LogP contribution in [0.2, 0.25) is 21.1 Å². The van der Waals surface area contributed by atoms with E-state index >= 15 is 0 Å². The van der Waals surface area contributed by atoms with Gasteiger partial charge in [0.05, 0.1) is 0 Å². The van der Waals surface area contributed by atoms with Gasteiger partial charge in [-0.1, -0.05) is 24.3 Å². The molecule has 0 aliphatic carbocycles. The third-order valence-corrected chi connectivity index (χ3v) is 7.19. The predicted octanol–water partition coefficient (Wildman–Crippen LogP) is 1.94. The van der Waals surface area contributed by atoms with Crippen LogP contribution < -0.4 is 40.2 Å². The van der Waals surface area contributed by atoms with Gasteiger partial charge >= 0.3 is 31.0 Å². The Morgan fingerprint density at radius 1 is 0.610 bits per heavy atom. The molecule has 0 radical (unpaired) electrons. The smallest absolute Gasteiger partial charge is 0.324 e. The molecule has 2 aromatic heterocycles. The van der Waals surface area contributed by atoms with Crippen molar-refractivity contribution in [3.8, 4) is 0 Å². The van der Waals surface area contributed by atoms with Crippen LogP contribution in [0.3, 0.4) is 0 Å². The van der Waals surface area contributed by atoms with Gasteiger partial charge in [-0.25, -0.2) is 0 Å². The van der Waals surface area contributed by atoms with Crippen molar-refractivity contribution in [2.24, 2.45) is 0 Å². The molecule has 2 heterocycles.